The van der Waals surface area contributed by atoms with Gasteiger partial charge in [-0.15, -0.1) is 11.3 Å². The van der Waals surface area contributed by atoms with E-state index >= 15 is 0 Å². The number of nitrogens with zero attached hydrogens (tertiary/aromatic N) is 1. The third-order valence-corrected chi connectivity index (χ3v) is 3.72. The minimum absolute atomic E-state index is 0.539. The number of aromatic nitrogens is 1. The fraction of sp³-hybridized carbons (Fsp3) is 0.417. The van der Waals surface area contributed by atoms with Crippen LogP contribution in [0.25, 0.3) is 10.2 Å². The summed E-state index contributed by atoms with van der Waals surface area (Å²) in [6.07, 6.45) is 1.07. The number of rotatable bonds is 2. The Morgan fingerprint density at radius 1 is 1.36 bits per heavy atom. The summed E-state index contributed by atoms with van der Waals surface area (Å²) >= 11 is 1.82. The molecule has 0 amide bonds. The molecule has 0 aliphatic heterocycles. The molecular formula is C12H15NS. The molecule has 1 heterocycles. The number of hydrogen-bond acceptors (Lipinski definition) is 2. The predicted molar refractivity (Wildman–Crippen MR) is 63.1 cm³/mol. The number of benzene rings is 1. The Labute approximate surface area is 88.8 Å². The zero-order valence-corrected chi connectivity index (χ0v) is 9.69. The maximum absolute atomic E-state index is 4.70. The van der Waals surface area contributed by atoms with E-state index in [0.717, 1.165) is 6.42 Å². The normalized spacial score (nSPS) is 11.4. The van der Waals surface area contributed by atoms with Crippen LogP contribution < -0.4 is 0 Å². The lowest BCUT2D eigenvalue weighted by atomic mass is 10.1. The fourth-order valence-corrected chi connectivity index (χ4v) is 2.57. The van der Waals surface area contributed by atoms with Gasteiger partial charge in [-0.2, -0.15) is 0 Å². The maximum atomic E-state index is 4.70. The van der Waals surface area contributed by atoms with E-state index in [2.05, 4.69) is 39.0 Å². The zero-order chi connectivity index (χ0) is 10.1. The highest BCUT2D eigenvalue weighted by atomic mass is 32.1. The lowest BCUT2D eigenvalue weighted by Crippen LogP contribution is -1.85. The SMILES string of the molecule is CCc1cccc2sc(C(C)C)nc12. The molecule has 1 nitrogen and oxygen atoms in total. The molecule has 2 aromatic rings. The molecule has 0 saturated carbocycles. The molecule has 0 aliphatic carbocycles. The molecule has 0 bridgehead atoms. The Kier molecular flexibility index (Phi) is 2.55. The maximum Gasteiger partial charge on any atom is 0.0964 e. The van der Waals surface area contributed by atoms with Gasteiger partial charge < -0.3 is 0 Å². The number of fused-ring (bicyclic) bond motifs is 1. The van der Waals surface area contributed by atoms with Crippen LogP contribution in [0.15, 0.2) is 18.2 Å². The van der Waals surface area contributed by atoms with Crippen LogP contribution in [-0.4, -0.2) is 4.98 Å². The van der Waals surface area contributed by atoms with Gasteiger partial charge in [-0.05, 0) is 18.1 Å². The van der Waals surface area contributed by atoms with Gasteiger partial charge >= 0.3 is 0 Å². The zero-order valence-electron chi connectivity index (χ0n) is 8.87. The molecule has 0 spiro atoms. The summed E-state index contributed by atoms with van der Waals surface area (Å²) in [5.74, 6) is 0.539. The molecule has 0 fully saturated rings. The Hall–Kier alpha value is -0.890. The summed E-state index contributed by atoms with van der Waals surface area (Å²) in [5, 5.41) is 1.25. The minimum atomic E-state index is 0.539. The Morgan fingerprint density at radius 2 is 2.14 bits per heavy atom. The highest BCUT2D eigenvalue weighted by Crippen LogP contribution is 2.29. The molecule has 1 aromatic carbocycles. The van der Waals surface area contributed by atoms with Gasteiger partial charge in [-0.3, -0.25) is 0 Å². The molecule has 0 aliphatic rings. The third kappa shape index (κ3) is 1.55. The average molecular weight is 205 g/mol. The van der Waals surface area contributed by atoms with Gasteiger partial charge in [0, 0.05) is 5.92 Å². The third-order valence-electron chi connectivity index (χ3n) is 2.39. The van der Waals surface area contributed by atoms with E-state index in [-0.39, 0.29) is 0 Å². The van der Waals surface area contributed by atoms with Gasteiger partial charge in [-0.25, -0.2) is 4.98 Å². The monoisotopic (exact) mass is 205 g/mol. The van der Waals surface area contributed by atoms with Crippen LogP contribution in [0.5, 0.6) is 0 Å². The van der Waals surface area contributed by atoms with Crippen LogP contribution in [0.3, 0.4) is 0 Å². The second-order valence-electron chi connectivity index (χ2n) is 3.82. The smallest absolute Gasteiger partial charge is 0.0964 e. The summed E-state index contributed by atoms with van der Waals surface area (Å²) in [4.78, 5) is 4.70. The van der Waals surface area contributed by atoms with Crippen molar-refractivity contribution in [3.05, 3.63) is 28.8 Å². The first-order valence-electron chi connectivity index (χ1n) is 5.10. The van der Waals surface area contributed by atoms with E-state index in [9.17, 15) is 0 Å². The molecular weight excluding hydrogens is 190 g/mol. The van der Waals surface area contributed by atoms with Crippen LogP contribution in [-0.2, 0) is 6.42 Å². The molecule has 14 heavy (non-hydrogen) atoms. The molecule has 2 heteroatoms. The standard InChI is InChI=1S/C12H15NS/c1-4-9-6-5-7-10-11(9)13-12(14-10)8(2)3/h5-8H,4H2,1-3H3. The van der Waals surface area contributed by atoms with Crippen molar-refractivity contribution in [3.63, 3.8) is 0 Å². The van der Waals surface area contributed by atoms with Crippen LogP contribution in [0.2, 0.25) is 0 Å². The van der Waals surface area contributed by atoms with E-state index in [4.69, 9.17) is 4.98 Å². The summed E-state index contributed by atoms with van der Waals surface area (Å²) in [5.41, 5.74) is 2.58. The van der Waals surface area contributed by atoms with Gasteiger partial charge in [0.2, 0.25) is 0 Å². The number of hydrogen-bond donors (Lipinski definition) is 0. The highest BCUT2D eigenvalue weighted by Gasteiger charge is 2.08. The summed E-state index contributed by atoms with van der Waals surface area (Å²) in [7, 11) is 0. The Morgan fingerprint density at radius 3 is 2.79 bits per heavy atom. The van der Waals surface area contributed by atoms with E-state index in [0.29, 0.717) is 5.92 Å². The number of thiazole rings is 1. The lowest BCUT2D eigenvalue weighted by Gasteiger charge is -1.96. The van der Waals surface area contributed by atoms with Crippen molar-refractivity contribution in [1.29, 1.82) is 0 Å². The van der Waals surface area contributed by atoms with Crippen molar-refractivity contribution >= 4 is 21.6 Å². The van der Waals surface area contributed by atoms with Gasteiger partial charge in [0.15, 0.2) is 0 Å². The van der Waals surface area contributed by atoms with Crippen molar-refractivity contribution in [2.75, 3.05) is 0 Å². The Balaban J connectivity index is 2.64. The van der Waals surface area contributed by atoms with Crippen molar-refractivity contribution in [2.24, 2.45) is 0 Å². The summed E-state index contributed by atoms with van der Waals surface area (Å²) in [6, 6.07) is 6.47. The van der Waals surface area contributed by atoms with Crippen molar-refractivity contribution in [3.8, 4) is 0 Å². The minimum Gasteiger partial charge on any atom is -0.241 e. The molecule has 0 atom stereocenters. The summed E-state index contributed by atoms with van der Waals surface area (Å²) in [6.45, 7) is 6.58. The number of para-hydroxylation sites is 1. The second-order valence-corrected chi connectivity index (χ2v) is 4.89. The summed E-state index contributed by atoms with van der Waals surface area (Å²) < 4.78 is 1.33. The van der Waals surface area contributed by atoms with Gasteiger partial charge in [0.25, 0.3) is 0 Å². The highest BCUT2D eigenvalue weighted by molar-refractivity contribution is 7.18. The van der Waals surface area contributed by atoms with E-state index in [1.807, 2.05) is 11.3 Å². The van der Waals surface area contributed by atoms with Crippen LogP contribution in [0, 0.1) is 0 Å². The van der Waals surface area contributed by atoms with Crippen molar-refractivity contribution in [2.45, 2.75) is 33.1 Å². The predicted octanol–water partition coefficient (Wildman–Crippen LogP) is 3.98. The molecule has 0 saturated heterocycles. The molecule has 0 N–H and O–H groups in total. The van der Waals surface area contributed by atoms with E-state index < -0.39 is 0 Å². The van der Waals surface area contributed by atoms with E-state index in [1.165, 1.54) is 20.8 Å². The van der Waals surface area contributed by atoms with Gasteiger partial charge in [0.1, 0.15) is 0 Å². The molecule has 1 aromatic heterocycles. The van der Waals surface area contributed by atoms with Crippen LogP contribution in [0.4, 0.5) is 0 Å². The molecule has 0 unspecified atom stereocenters. The number of aryl methyl sites for hydroxylation is 1. The first-order chi connectivity index (χ1) is 6.72. The quantitative estimate of drug-likeness (QED) is 0.722. The van der Waals surface area contributed by atoms with Crippen LogP contribution in [0.1, 0.15) is 37.3 Å². The molecule has 0 radical (unpaired) electrons. The first kappa shape index (κ1) is 9.66. The van der Waals surface area contributed by atoms with Crippen molar-refractivity contribution < 1.29 is 0 Å². The lowest BCUT2D eigenvalue weighted by molar-refractivity contribution is 0.856. The van der Waals surface area contributed by atoms with Crippen molar-refractivity contribution in [1.82, 2.24) is 4.98 Å². The largest absolute Gasteiger partial charge is 0.241 e. The van der Waals surface area contributed by atoms with Gasteiger partial charge in [-0.1, -0.05) is 32.9 Å². The molecule has 2 rings (SSSR count). The topological polar surface area (TPSA) is 12.9 Å². The second kappa shape index (κ2) is 3.70. The fourth-order valence-electron chi connectivity index (χ4n) is 1.55. The van der Waals surface area contributed by atoms with E-state index in [1.54, 1.807) is 0 Å². The van der Waals surface area contributed by atoms with Gasteiger partial charge in [0.05, 0.1) is 15.2 Å². The first-order valence-corrected chi connectivity index (χ1v) is 5.92. The average Bonchev–Trinajstić information content (AvgIpc) is 2.60. The van der Waals surface area contributed by atoms with Crippen LogP contribution >= 0.6 is 11.3 Å². The molecule has 74 valence electrons. The Bertz CT molecular complexity index is 443.